The van der Waals surface area contributed by atoms with Gasteiger partial charge in [0.2, 0.25) is 5.95 Å². The number of alkyl halides is 3. The van der Waals surface area contributed by atoms with Crippen molar-refractivity contribution < 1.29 is 17.9 Å². The van der Waals surface area contributed by atoms with Crippen LogP contribution >= 0.6 is 0 Å². The molecule has 0 aliphatic heterocycles. The first kappa shape index (κ1) is 24.1. The maximum absolute atomic E-state index is 12.6. The lowest BCUT2D eigenvalue weighted by molar-refractivity contribution is -0.274. The number of hydrogen-bond donors (Lipinski definition) is 3. The zero-order chi connectivity index (χ0) is 24.3. The van der Waals surface area contributed by atoms with Gasteiger partial charge < -0.3 is 21.1 Å². The average Bonchev–Trinajstić information content (AvgIpc) is 2.77. The topological polar surface area (TPSA) is 85.1 Å². The van der Waals surface area contributed by atoms with E-state index in [0.29, 0.717) is 29.8 Å². The molecule has 34 heavy (non-hydrogen) atoms. The number of benzene rings is 2. The summed E-state index contributed by atoms with van der Waals surface area (Å²) in [5, 5.41) is 7.63. The smallest absolute Gasteiger partial charge is 0.405 e. The highest BCUT2D eigenvalue weighted by molar-refractivity contribution is 5.92. The van der Waals surface area contributed by atoms with Gasteiger partial charge in [0.15, 0.2) is 0 Å². The van der Waals surface area contributed by atoms with Crippen molar-refractivity contribution in [2.75, 3.05) is 17.6 Å². The molecule has 0 atom stereocenters. The van der Waals surface area contributed by atoms with E-state index in [2.05, 4.69) is 25.3 Å². The van der Waals surface area contributed by atoms with Crippen LogP contribution in [0, 0.1) is 19.8 Å². The molecule has 0 saturated heterocycles. The van der Waals surface area contributed by atoms with Crippen LogP contribution in [0.2, 0.25) is 0 Å². The van der Waals surface area contributed by atoms with Gasteiger partial charge in [0, 0.05) is 23.5 Å². The molecule has 1 fully saturated rings. The predicted octanol–water partition coefficient (Wildman–Crippen LogP) is 5.49. The number of nitrogens with one attached hydrogen (secondary N) is 2. The number of halogens is 3. The van der Waals surface area contributed by atoms with Crippen LogP contribution in [0.4, 0.5) is 24.9 Å². The molecule has 6 nitrogen and oxygen atoms in total. The maximum Gasteiger partial charge on any atom is 0.573 e. The molecule has 2 aromatic carbocycles. The summed E-state index contributed by atoms with van der Waals surface area (Å²) in [5.74, 6) is 1.34. The highest BCUT2D eigenvalue weighted by Crippen LogP contribution is 2.29. The predicted molar refractivity (Wildman–Crippen MR) is 128 cm³/mol. The fourth-order valence-electron chi connectivity index (χ4n) is 4.57. The van der Waals surface area contributed by atoms with E-state index < -0.39 is 6.36 Å². The first-order valence-electron chi connectivity index (χ1n) is 11.5. The van der Waals surface area contributed by atoms with Gasteiger partial charge in [-0.05, 0) is 75.3 Å². The van der Waals surface area contributed by atoms with Gasteiger partial charge in [-0.3, -0.25) is 0 Å². The fraction of sp³-hybridized carbons (Fsp3) is 0.440. The summed E-state index contributed by atoms with van der Waals surface area (Å²) in [7, 11) is 0. The summed E-state index contributed by atoms with van der Waals surface area (Å²) in [5.41, 5.74) is 9.82. The van der Waals surface area contributed by atoms with Crippen molar-refractivity contribution in [2.45, 2.75) is 58.5 Å². The number of nitrogen functional groups attached to an aromatic ring is 1. The van der Waals surface area contributed by atoms with Crippen LogP contribution in [-0.4, -0.2) is 28.9 Å². The van der Waals surface area contributed by atoms with Crippen molar-refractivity contribution in [2.24, 2.45) is 5.92 Å². The van der Waals surface area contributed by atoms with Crippen LogP contribution in [0.5, 0.6) is 5.75 Å². The third kappa shape index (κ3) is 5.88. The third-order valence-electron chi connectivity index (χ3n) is 6.55. The highest BCUT2D eigenvalue weighted by Gasteiger charge is 2.32. The first-order valence-corrected chi connectivity index (χ1v) is 11.5. The molecule has 4 N–H and O–H groups in total. The number of nitrogens with zero attached hydrogens (tertiary/aromatic N) is 2. The Hall–Kier alpha value is -3.07. The molecular weight excluding hydrogens is 443 g/mol. The number of rotatable bonds is 7. The van der Waals surface area contributed by atoms with Gasteiger partial charge in [0.05, 0.1) is 5.52 Å². The summed E-state index contributed by atoms with van der Waals surface area (Å²) >= 11 is 0. The Bertz CT molecular complexity index is 1140. The number of aromatic nitrogens is 2. The van der Waals surface area contributed by atoms with E-state index in [1.165, 1.54) is 12.1 Å². The quantitative estimate of drug-likeness (QED) is 0.421. The monoisotopic (exact) mass is 473 g/mol. The van der Waals surface area contributed by atoms with E-state index in [0.717, 1.165) is 54.3 Å². The van der Waals surface area contributed by atoms with E-state index in [4.69, 9.17) is 5.73 Å². The molecule has 0 amide bonds. The zero-order valence-corrected chi connectivity index (χ0v) is 19.4. The average molecular weight is 474 g/mol. The molecule has 0 radical (unpaired) electrons. The fourth-order valence-corrected chi connectivity index (χ4v) is 4.57. The maximum atomic E-state index is 12.6. The van der Waals surface area contributed by atoms with Gasteiger partial charge in [0.1, 0.15) is 11.6 Å². The van der Waals surface area contributed by atoms with Gasteiger partial charge in [-0.25, -0.2) is 4.98 Å². The number of ether oxygens (including phenoxy) is 1. The van der Waals surface area contributed by atoms with Crippen molar-refractivity contribution in [1.29, 1.82) is 0 Å². The van der Waals surface area contributed by atoms with Gasteiger partial charge in [-0.15, -0.1) is 13.2 Å². The first-order chi connectivity index (χ1) is 16.2. The molecule has 1 aromatic heterocycles. The van der Waals surface area contributed by atoms with Crippen molar-refractivity contribution in [3.8, 4) is 5.75 Å². The molecule has 0 bridgehead atoms. The third-order valence-corrected chi connectivity index (χ3v) is 6.55. The Balaban J connectivity index is 1.27. The van der Waals surface area contributed by atoms with Gasteiger partial charge >= 0.3 is 6.36 Å². The van der Waals surface area contributed by atoms with Gasteiger partial charge in [0.25, 0.3) is 0 Å². The molecule has 9 heteroatoms. The number of fused-ring (bicyclic) bond motifs is 1. The van der Waals surface area contributed by atoms with Crippen LogP contribution in [0.15, 0.2) is 36.4 Å². The Morgan fingerprint density at radius 3 is 2.50 bits per heavy atom. The number of para-hydroxylation sites is 1. The van der Waals surface area contributed by atoms with Crippen LogP contribution in [0.3, 0.4) is 0 Å². The molecule has 1 saturated carbocycles. The minimum atomic E-state index is -4.70. The molecule has 3 aromatic rings. The second-order valence-corrected chi connectivity index (χ2v) is 8.98. The minimum Gasteiger partial charge on any atom is -0.405 e. The molecule has 0 unspecified atom stereocenters. The molecule has 0 spiro atoms. The molecule has 1 aliphatic carbocycles. The molecule has 1 heterocycles. The van der Waals surface area contributed by atoms with E-state index in [9.17, 15) is 13.2 Å². The lowest BCUT2D eigenvalue weighted by Gasteiger charge is -2.29. The number of anilines is 2. The van der Waals surface area contributed by atoms with Crippen LogP contribution in [0.25, 0.3) is 10.9 Å². The van der Waals surface area contributed by atoms with Crippen molar-refractivity contribution in [3.05, 3.63) is 53.1 Å². The largest absolute Gasteiger partial charge is 0.573 e. The summed E-state index contributed by atoms with van der Waals surface area (Å²) in [6.07, 6.45) is -0.749. The second-order valence-electron chi connectivity index (χ2n) is 8.98. The van der Waals surface area contributed by atoms with E-state index in [1.807, 2.05) is 26.0 Å². The Morgan fingerprint density at radius 2 is 1.76 bits per heavy atom. The summed E-state index contributed by atoms with van der Waals surface area (Å²) in [6, 6.07) is 10.5. The summed E-state index contributed by atoms with van der Waals surface area (Å²) in [4.78, 5) is 9.15. The molecule has 1 aliphatic rings. The minimum absolute atomic E-state index is 0.157. The van der Waals surface area contributed by atoms with Gasteiger partial charge in [-0.2, -0.15) is 4.98 Å². The summed E-state index contributed by atoms with van der Waals surface area (Å²) < 4.78 is 41.9. The second kappa shape index (κ2) is 10.0. The van der Waals surface area contributed by atoms with E-state index in [1.54, 1.807) is 12.1 Å². The Labute approximate surface area is 197 Å². The molecular formula is C25H30F3N5O. The Morgan fingerprint density at radius 1 is 1.03 bits per heavy atom. The van der Waals surface area contributed by atoms with Crippen LogP contribution in [-0.2, 0) is 6.54 Å². The van der Waals surface area contributed by atoms with Crippen LogP contribution < -0.4 is 21.1 Å². The van der Waals surface area contributed by atoms with E-state index in [-0.39, 0.29) is 11.8 Å². The van der Waals surface area contributed by atoms with Gasteiger partial charge in [-0.1, -0.05) is 24.3 Å². The lowest BCUT2D eigenvalue weighted by Crippen LogP contribution is -2.31. The van der Waals surface area contributed by atoms with Crippen molar-refractivity contribution >= 4 is 22.7 Å². The Kier molecular flexibility index (Phi) is 7.11. The normalized spacial score (nSPS) is 18.7. The standard InChI is InChI=1S/C25H30F3N5O/c1-15-7-12-20-22(16(15)2)23(29)33-24(32-20)31-19-10-8-17(9-11-19)13-30-14-18-5-3-4-6-21(18)34-25(26,27)28/h3-7,12,17,19,30H,8-11,13-14H2,1-2H3,(H3,29,31,32,33). The van der Waals surface area contributed by atoms with E-state index >= 15 is 0 Å². The molecule has 4 rings (SSSR count). The lowest BCUT2D eigenvalue weighted by atomic mass is 9.86. The van der Waals surface area contributed by atoms with Crippen molar-refractivity contribution in [3.63, 3.8) is 0 Å². The number of hydrogen-bond acceptors (Lipinski definition) is 6. The number of nitrogens with two attached hydrogens (primary N) is 1. The SMILES string of the molecule is Cc1ccc2nc(NC3CCC(CNCc4ccccc4OC(F)(F)F)CC3)nc(N)c2c1C. The molecule has 182 valence electrons. The number of aryl methyl sites for hydroxylation is 2. The summed E-state index contributed by atoms with van der Waals surface area (Å²) in [6.45, 7) is 5.14. The highest BCUT2D eigenvalue weighted by atomic mass is 19.4. The van der Waals surface area contributed by atoms with Crippen molar-refractivity contribution in [1.82, 2.24) is 15.3 Å². The van der Waals surface area contributed by atoms with Crippen LogP contribution in [0.1, 0.15) is 42.4 Å². The zero-order valence-electron chi connectivity index (χ0n) is 19.4.